The summed E-state index contributed by atoms with van der Waals surface area (Å²) >= 11 is 0. The molecule has 4 heteroatoms. The minimum absolute atomic E-state index is 0.00559. The Balaban J connectivity index is 2.13. The monoisotopic (exact) mass is 246 g/mol. The van der Waals surface area contributed by atoms with E-state index >= 15 is 0 Å². The third-order valence-corrected chi connectivity index (χ3v) is 3.48. The summed E-state index contributed by atoms with van der Waals surface area (Å²) < 4.78 is 0. The lowest BCUT2D eigenvalue weighted by atomic mass is 10.0. The molecule has 0 saturated carbocycles. The number of carbonyl (C=O) groups excluding carboxylic acids is 2. The first-order chi connectivity index (χ1) is 8.61. The standard InChI is InChI=1S/C14H18N2O2/c1-10(13(17)12-6-4-3-5-7-12)16-9-8-15-14(18)11(16)2/h3-7,10-11H,8-9H2,1-2H3,(H,15,18). The largest absolute Gasteiger partial charge is 0.353 e. The lowest BCUT2D eigenvalue weighted by molar-refractivity contribution is -0.128. The Labute approximate surface area is 107 Å². The molecule has 1 aliphatic heterocycles. The van der Waals surface area contributed by atoms with E-state index in [0.717, 1.165) is 0 Å². The van der Waals surface area contributed by atoms with E-state index in [1.807, 2.05) is 49.1 Å². The maximum Gasteiger partial charge on any atom is 0.237 e. The van der Waals surface area contributed by atoms with E-state index in [9.17, 15) is 9.59 Å². The highest BCUT2D eigenvalue weighted by atomic mass is 16.2. The maximum atomic E-state index is 12.3. The molecule has 2 rings (SSSR count). The van der Waals surface area contributed by atoms with E-state index in [-0.39, 0.29) is 23.8 Å². The van der Waals surface area contributed by atoms with Crippen LogP contribution in [0.1, 0.15) is 24.2 Å². The topological polar surface area (TPSA) is 49.4 Å². The van der Waals surface area contributed by atoms with Crippen molar-refractivity contribution in [2.45, 2.75) is 25.9 Å². The Morgan fingerprint density at radius 3 is 2.72 bits per heavy atom. The summed E-state index contributed by atoms with van der Waals surface area (Å²) in [6.07, 6.45) is 0. The maximum absolute atomic E-state index is 12.3. The van der Waals surface area contributed by atoms with E-state index in [4.69, 9.17) is 0 Å². The quantitative estimate of drug-likeness (QED) is 0.812. The van der Waals surface area contributed by atoms with Crippen molar-refractivity contribution in [1.29, 1.82) is 0 Å². The molecule has 1 fully saturated rings. The molecule has 0 spiro atoms. The van der Waals surface area contributed by atoms with Crippen LogP contribution < -0.4 is 5.32 Å². The normalized spacial score (nSPS) is 22.3. The van der Waals surface area contributed by atoms with Crippen molar-refractivity contribution in [2.24, 2.45) is 0 Å². The molecule has 2 atom stereocenters. The van der Waals surface area contributed by atoms with E-state index in [0.29, 0.717) is 18.7 Å². The third-order valence-electron chi connectivity index (χ3n) is 3.48. The Morgan fingerprint density at radius 2 is 2.06 bits per heavy atom. The van der Waals surface area contributed by atoms with E-state index in [2.05, 4.69) is 5.32 Å². The third kappa shape index (κ3) is 2.43. The minimum Gasteiger partial charge on any atom is -0.353 e. The van der Waals surface area contributed by atoms with Crippen LogP contribution in [-0.2, 0) is 4.79 Å². The molecule has 1 amide bonds. The van der Waals surface area contributed by atoms with Crippen LogP contribution in [-0.4, -0.2) is 41.8 Å². The molecule has 1 aliphatic rings. The van der Waals surface area contributed by atoms with Gasteiger partial charge in [0, 0.05) is 18.7 Å². The number of piperazine rings is 1. The number of rotatable bonds is 3. The Bertz CT molecular complexity index is 444. The van der Waals surface area contributed by atoms with E-state index in [1.54, 1.807) is 0 Å². The first-order valence-corrected chi connectivity index (χ1v) is 6.24. The van der Waals surface area contributed by atoms with Crippen molar-refractivity contribution in [3.8, 4) is 0 Å². The summed E-state index contributed by atoms with van der Waals surface area (Å²) in [5.74, 6) is 0.0612. The van der Waals surface area contributed by atoms with Gasteiger partial charge in [0.2, 0.25) is 5.91 Å². The molecule has 1 N–H and O–H groups in total. The molecule has 2 unspecified atom stereocenters. The summed E-state index contributed by atoms with van der Waals surface area (Å²) in [7, 11) is 0. The molecule has 1 saturated heterocycles. The second-order valence-corrected chi connectivity index (χ2v) is 4.61. The molecule has 0 radical (unpaired) electrons. The highest BCUT2D eigenvalue weighted by Crippen LogP contribution is 2.14. The lowest BCUT2D eigenvalue weighted by Gasteiger charge is -2.36. The summed E-state index contributed by atoms with van der Waals surface area (Å²) in [6, 6.07) is 8.70. The smallest absolute Gasteiger partial charge is 0.237 e. The molecule has 0 aromatic heterocycles. The van der Waals surface area contributed by atoms with Gasteiger partial charge in [-0.25, -0.2) is 0 Å². The van der Waals surface area contributed by atoms with Crippen LogP contribution in [0, 0.1) is 0 Å². The molecular weight excluding hydrogens is 228 g/mol. The number of nitrogens with zero attached hydrogens (tertiary/aromatic N) is 1. The van der Waals surface area contributed by atoms with Crippen molar-refractivity contribution in [3.05, 3.63) is 35.9 Å². The fourth-order valence-electron chi connectivity index (χ4n) is 2.32. The molecule has 18 heavy (non-hydrogen) atoms. The summed E-state index contributed by atoms with van der Waals surface area (Å²) in [6.45, 7) is 5.02. The molecule has 1 heterocycles. The molecule has 1 aromatic carbocycles. The molecule has 0 bridgehead atoms. The fourth-order valence-corrected chi connectivity index (χ4v) is 2.32. The Hall–Kier alpha value is -1.68. The zero-order valence-electron chi connectivity index (χ0n) is 10.7. The molecule has 96 valence electrons. The number of carbonyl (C=O) groups is 2. The predicted molar refractivity (Wildman–Crippen MR) is 69.4 cm³/mol. The predicted octanol–water partition coefficient (Wildman–Crippen LogP) is 1.08. The van der Waals surface area contributed by atoms with Gasteiger partial charge in [-0.3, -0.25) is 14.5 Å². The first-order valence-electron chi connectivity index (χ1n) is 6.24. The second-order valence-electron chi connectivity index (χ2n) is 4.61. The average Bonchev–Trinajstić information content (AvgIpc) is 2.41. The second kappa shape index (κ2) is 5.31. The Morgan fingerprint density at radius 1 is 1.39 bits per heavy atom. The van der Waals surface area contributed by atoms with Gasteiger partial charge in [0.05, 0.1) is 12.1 Å². The van der Waals surface area contributed by atoms with E-state index in [1.165, 1.54) is 0 Å². The Kier molecular flexibility index (Phi) is 3.77. The zero-order valence-corrected chi connectivity index (χ0v) is 10.7. The van der Waals surface area contributed by atoms with Crippen LogP contribution in [0.3, 0.4) is 0 Å². The van der Waals surface area contributed by atoms with Crippen molar-refractivity contribution < 1.29 is 9.59 Å². The number of Topliss-reactive ketones (excluding diaryl/α,β-unsaturated/α-hetero) is 1. The number of nitrogens with one attached hydrogen (secondary N) is 1. The summed E-state index contributed by atoms with van der Waals surface area (Å²) in [4.78, 5) is 25.9. The van der Waals surface area contributed by atoms with Gasteiger partial charge in [0.25, 0.3) is 0 Å². The molecule has 4 nitrogen and oxygen atoms in total. The van der Waals surface area contributed by atoms with Crippen LogP contribution in [0.25, 0.3) is 0 Å². The SMILES string of the molecule is CC1C(=O)NCCN1C(C)C(=O)c1ccccc1. The average molecular weight is 246 g/mol. The van der Waals surface area contributed by atoms with Gasteiger partial charge in [-0.1, -0.05) is 30.3 Å². The van der Waals surface area contributed by atoms with Gasteiger partial charge in [-0.15, -0.1) is 0 Å². The van der Waals surface area contributed by atoms with Crippen LogP contribution in [0.2, 0.25) is 0 Å². The van der Waals surface area contributed by atoms with Crippen molar-refractivity contribution >= 4 is 11.7 Å². The van der Waals surface area contributed by atoms with Gasteiger partial charge >= 0.3 is 0 Å². The molecule has 1 aromatic rings. The number of hydrogen-bond donors (Lipinski definition) is 1. The van der Waals surface area contributed by atoms with Crippen LogP contribution in [0.4, 0.5) is 0 Å². The number of hydrogen-bond acceptors (Lipinski definition) is 3. The van der Waals surface area contributed by atoms with Crippen LogP contribution in [0.5, 0.6) is 0 Å². The van der Waals surface area contributed by atoms with Gasteiger partial charge in [0.15, 0.2) is 5.78 Å². The minimum atomic E-state index is -0.270. The zero-order chi connectivity index (χ0) is 13.1. The van der Waals surface area contributed by atoms with Gasteiger partial charge in [-0.2, -0.15) is 0 Å². The van der Waals surface area contributed by atoms with Crippen LogP contribution in [0.15, 0.2) is 30.3 Å². The highest BCUT2D eigenvalue weighted by Gasteiger charge is 2.32. The highest BCUT2D eigenvalue weighted by molar-refractivity contribution is 6.00. The molecule has 0 aliphatic carbocycles. The van der Waals surface area contributed by atoms with Crippen molar-refractivity contribution in [2.75, 3.05) is 13.1 Å². The van der Waals surface area contributed by atoms with E-state index < -0.39 is 0 Å². The van der Waals surface area contributed by atoms with Gasteiger partial charge in [-0.05, 0) is 13.8 Å². The number of benzene rings is 1. The fraction of sp³-hybridized carbons (Fsp3) is 0.429. The number of ketones is 1. The first kappa shape index (κ1) is 12.8. The van der Waals surface area contributed by atoms with Crippen molar-refractivity contribution in [1.82, 2.24) is 10.2 Å². The lowest BCUT2D eigenvalue weighted by Crippen LogP contribution is -2.58. The summed E-state index contributed by atoms with van der Waals surface area (Å²) in [5, 5.41) is 2.80. The molecular formula is C14H18N2O2. The summed E-state index contributed by atoms with van der Waals surface area (Å²) in [5.41, 5.74) is 0.697. The van der Waals surface area contributed by atoms with Gasteiger partial charge < -0.3 is 5.32 Å². The van der Waals surface area contributed by atoms with Gasteiger partial charge in [0.1, 0.15) is 0 Å². The van der Waals surface area contributed by atoms with Crippen LogP contribution >= 0.6 is 0 Å². The van der Waals surface area contributed by atoms with Crippen molar-refractivity contribution in [3.63, 3.8) is 0 Å². The number of amides is 1.